The highest BCUT2D eigenvalue weighted by Crippen LogP contribution is 2.20. The highest BCUT2D eigenvalue weighted by molar-refractivity contribution is 9.10. The van der Waals surface area contributed by atoms with Crippen LogP contribution >= 0.6 is 15.9 Å². The van der Waals surface area contributed by atoms with E-state index in [-0.39, 0.29) is 12.1 Å². The molecule has 0 aliphatic carbocycles. The lowest BCUT2D eigenvalue weighted by Crippen LogP contribution is -2.24. The fourth-order valence-electron chi connectivity index (χ4n) is 2.50. The third kappa shape index (κ3) is 4.79. The van der Waals surface area contributed by atoms with Crippen molar-refractivity contribution in [2.45, 2.75) is 25.6 Å². The molecule has 0 bridgehead atoms. The maximum absolute atomic E-state index is 12.2. The molecule has 2 aromatic carbocycles. The van der Waals surface area contributed by atoms with E-state index in [2.05, 4.69) is 15.9 Å². The van der Waals surface area contributed by atoms with Gasteiger partial charge in [-0.15, -0.1) is 0 Å². The molecule has 3 nitrogen and oxygen atoms in total. The van der Waals surface area contributed by atoms with Gasteiger partial charge in [0.05, 0.1) is 6.61 Å². The highest BCUT2D eigenvalue weighted by atomic mass is 79.9. The normalized spacial score (nSPS) is 17.8. The minimum Gasteiger partial charge on any atom is -0.465 e. The Morgan fingerprint density at radius 1 is 1.08 bits per heavy atom. The van der Waals surface area contributed by atoms with Crippen molar-refractivity contribution < 1.29 is 14.3 Å². The molecule has 4 heteroatoms. The minimum atomic E-state index is -0.169. The first-order valence-electron chi connectivity index (χ1n) is 8.07. The summed E-state index contributed by atoms with van der Waals surface area (Å²) in [6.45, 7) is 0.752. The second-order valence-corrected chi connectivity index (χ2v) is 6.60. The first-order chi connectivity index (χ1) is 11.7. The first kappa shape index (κ1) is 16.9. The van der Waals surface area contributed by atoms with Gasteiger partial charge in [-0.05, 0) is 60.9 Å². The van der Waals surface area contributed by atoms with E-state index >= 15 is 0 Å². The predicted molar refractivity (Wildman–Crippen MR) is 98.2 cm³/mol. The summed E-state index contributed by atoms with van der Waals surface area (Å²) >= 11 is 3.39. The van der Waals surface area contributed by atoms with Crippen LogP contribution in [0.5, 0.6) is 5.75 Å². The Balaban J connectivity index is 1.59. The van der Waals surface area contributed by atoms with E-state index < -0.39 is 0 Å². The molecule has 0 saturated carbocycles. The Bertz CT molecular complexity index is 699. The lowest BCUT2D eigenvalue weighted by Gasteiger charge is -2.23. The summed E-state index contributed by atoms with van der Waals surface area (Å²) in [4.78, 5) is 12.2. The minimum absolute atomic E-state index is 0.0293. The lowest BCUT2D eigenvalue weighted by atomic mass is 10.1. The molecule has 0 spiro atoms. The third-order valence-electron chi connectivity index (χ3n) is 3.84. The number of carbonyl (C=O) groups is 1. The number of hydrogen-bond donors (Lipinski definition) is 0. The molecule has 1 atom stereocenters. The monoisotopic (exact) mass is 386 g/mol. The number of ether oxygens (including phenoxy) is 2. The Hall–Kier alpha value is -1.91. The van der Waals surface area contributed by atoms with Crippen LogP contribution in [0.15, 0.2) is 59.1 Å². The van der Waals surface area contributed by atoms with E-state index in [0.717, 1.165) is 41.7 Å². The predicted octanol–water partition coefficient (Wildman–Crippen LogP) is 5.25. The van der Waals surface area contributed by atoms with Crippen LogP contribution in [0.25, 0.3) is 6.08 Å². The van der Waals surface area contributed by atoms with Crippen molar-refractivity contribution in [3.8, 4) is 5.75 Å². The molecule has 1 saturated heterocycles. The molecule has 1 fully saturated rings. The van der Waals surface area contributed by atoms with Crippen LogP contribution in [0.1, 0.15) is 35.2 Å². The maximum atomic E-state index is 12.2. The summed E-state index contributed by atoms with van der Waals surface area (Å²) in [6, 6.07) is 15.0. The van der Waals surface area contributed by atoms with Gasteiger partial charge in [-0.2, -0.15) is 0 Å². The fraction of sp³-hybridized carbons (Fsp3) is 0.250. The summed E-state index contributed by atoms with van der Waals surface area (Å²) in [5.74, 6) is 0.703. The van der Waals surface area contributed by atoms with Crippen molar-refractivity contribution >= 4 is 27.8 Å². The Labute approximate surface area is 150 Å². The van der Waals surface area contributed by atoms with Gasteiger partial charge in [0.15, 0.2) is 12.1 Å². The Morgan fingerprint density at radius 2 is 1.83 bits per heavy atom. The average Bonchev–Trinajstić information content (AvgIpc) is 2.62. The van der Waals surface area contributed by atoms with Crippen LogP contribution < -0.4 is 4.74 Å². The molecule has 0 radical (unpaired) electrons. The van der Waals surface area contributed by atoms with Gasteiger partial charge in [-0.1, -0.05) is 34.1 Å². The number of halogens is 1. The molecule has 0 aromatic heterocycles. The number of ketones is 1. The SMILES string of the molecule is O=C(/C=C/c1ccc(Br)cc1)c1ccc(OC2CCCCO2)cc1. The average molecular weight is 387 g/mol. The fourth-order valence-corrected chi connectivity index (χ4v) is 2.76. The van der Waals surface area contributed by atoms with Crippen molar-refractivity contribution in [2.24, 2.45) is 0 Å². The van der Waals surface area contributed by atoms with Crippen LogP contribution in [-0.2, 0) is 4.74 Å². The van der Waals surface area contributed by atoms with Crippen molar-refractivity contribution in [3.63, 3.8) is 0 Å². The zero-order valence-corrected chi connectivity index (χ0v) is 14.9. The summed E-state index contributed by atoms with van der Waals surface area (Å²) in [5.41, 5.74) is 1.63. The van der Waals surface area contributed by atoms with Crippen molar-refractivity contribution in [3.05, 3.63) is 70.2 Å². The number of rotatable bonds is 5. The van der Waals surface area contributed by atoms with Gasteiger partial charge in [-0.3, -0.25) is 4.79 Å². The van der Waals surface area contributed by atoms with E-state index in [0.29, 0.717) is 5.56 Å². The van der Waals surface area contributed by atoms with Crippen molar-refractivity contribution in [1.29, 1.82) is 0 Å². The van der Waals surface area contributed by atoms with Crippen molar-refractivity contribution in [2.75, 3.05) is 6.61 Å². The molecule has 1 unspecified atom stereocenters. The Kier molecular flexibility index (Phi) is 5.83. The number of carbonyl (C=O) groups excluding carboxylic acids is 1. The van der Waals surface area contributed by atoms with Gasteiger partial charge >= 0.3 is 0 Å². The number of benzene rings is 2. The second-order valence-electron chi connectivity index (χ2n) is 5.69. The summed E-state index contributed by atoms with van der Waals surface area (Å²) < 4.78 is 12.3. The molecule has 1 aliphatic rings. The summed E-state index contributed by atoms with van der Waals surface area (Å²) in [6.07, 6.45) is 6.37. The second kappa shape index (κ2) is 8.27. The molecule has 3 rings (SSSR count). The van der Waals surface area contributed by atoms with Gasteiger partial charge in [0.2, 0.25) is 0 Å². The number of hydrogen-bond acceptors (Lipinski definition) is 3. The highest BCUT2D eigenvalue weighted by Gasteiger charge is 2.15. The molecule has 1 heterocycles. The molecule has 0 N–H and O–H groups in total. The van der Waals surface area contributed by atoms with Crippen molar-refractivity contribution in [1.82, 2.24) is 0 Å². The largest absolute Gasteiger partial charge is 0.465 e. The lowest BCUT2D eigenvalue weighted by molar-refractivity contribution is -0.105. The molecule has 0 amide bonds. The molecular formula is C20H19BrO3. The first-order valence-corrected chi connectivity index (χ1v) is 8.86. The maximum Gasteiger partial charge on any atom is 0.199 e. The van der Waals surface area contributed by atoms with Crippen LogP contribution in [0.4, 0.5) is 0 Å². The third-order valence-corrected chi connectivity index (χ3v) is 4.37. The van der Waals surface area contributed by atoms with E-state index in [1.807, 2.05) is 42.5 Å². The van der Waals surface area contributed by atoms with Crippen LogP contribution in [0.3, 0.4) is 0 Å². The van der Waals surface area contributed by atoms with Crippen LogP contribution in [-0.4, -0.2) is 18.7 Å². The van der Waals surface area contributed by atoms with E-state index in [9.17, 15) is 4.79 Å². The zero-order valence-electron chi connectivity index (χ0n) is 13.3. The molecule has 1 aliphatic heterocycles. The van der Waals surface area contributed by atoms with Gasteiger partial charge in [0.25, 0.3) is 0 Å². The van der Waals surface area contributed by atoms with E-state index in [1.165, 1.54) is 0 Å². The van der Waals surface area contributed by atoms with Crippen LogP contribution in [0.2, 0.25) is 0 Å². The molecule has 124 valence electrons. The van der Waals surface area contributed by atoms with Crippen LogP contribution in [0, 0.1) is 0 Å². The van der Waals surface area contributed by atoms with E-state index in [1.54, 1.807) is 18.2 Å². The van der Waals surface area contributed by atoms with Gasteiger partial charge < -0.3 is 9.47 Å². The molecular weight excluding hydrogens is 368 g/mol. The summed E-state index contributed by atoms with van der Waals surface area (Å²) in [7, 11) is 0. The van der Waals surface area contributed by atoms with Gasteiger partial charge in [0.1, 0.15) is 5.75 Å². The topological polar surface area (TPSA) is 35.5 Å². The standard InChI is InChI=1S/C20H19BrO3/c21-17-9-4-15(5-10-17)6-13-19(22)16-7-11-18(12-8-16)24-20-3-1-2-14-23-20/h4-13,20H,1-3,14H2/b13-6+. The number of allylic oxidation sites excluding steroid dienone is 1. The zero-order chi connectivity index (χ0) is 16.8. The smallest absolute Gasteiger partial charge is 0.199 e. The Morgan fingerprint density at radius 3 is 2.50 bits per heavy atom. The van der Waals surface area contributed by atoms with Gasteiger partial charge in [0, 0.05) is 16.5 Å². The van der Waals surface area contributed by atoms with Gasteiger partial charge in [-0.25, -0.2) is 0 Å². The quantitative estimate of drug-likeness (QED) is 0.519. The van der Waals surface area contributed by atoms with E-state index in [4.69, 9.17) is 9.47 Å². The molecule has 24 heavy (non-hydrogen) atoms. The summed E-state index contributed by atoms with van der Waals surface area (Å²) in [5, 5.41) is 0. The molecule has 2 aromatic rings.